The molecule has 0 bridgehead atoms. The number of nitrogens with two attached hydrogens (primary N) is 1. The third-order valence-electron chi connectivity index (χ3n) is 3.44. The topological polar surface area (TPSA) is 84.2 Å². The monoisotopic (exact) mass is 301 g/mol. The summed E-state index contributed by atoms with van der Waals surface area (Å²) in [5.41, 5.74) is 5.27. The van der Waals surface area contributed by atoms with Gasteiger partial charge in [-0.15, -0.1) is 12.4 Å². The van der Waals surface area contributed by atoms with Gasteiger partial charge >= 0.3 is 0 Å². The van der Waals surface area contributed by atoms with E-state index in [1.807, 2.05) is 0 Å². The maximum absolute atomic E-state index is 13.6. The first kappa shape index (κ1) is 16.4. The molecule has 1 aliphatic rings. The smallest absolute Gasteiger partial charge is 0.248 e. The van der Waals surface area contributed by atoms with E-state index >= 15 is 0 Å². The molecule has 0 spiro atoms. The first-order valence-electron chi connectivity index (χ1n) is 6.10. The second-order valence-corrected chi connectivity index (χ2v) is 4.76. The number of carbonyl (C=O) groups excluding carboxylic acids is 2. The van der Waals surface area contributed by atoms with Gasteiger partial charge in [-0.1, -0.05) is 6.92 Å². The molecule has 1 atom stereocenters. The van der Waals surface area contributed by atoms with E-state index in [9.17, 15) is 14.0 Å². The fraction of sp³-hybridized carbons (Fsp3) is 0.385. The third kappa shape index (κ3) is 3.46. The molecule has 7 heteroatoms. The van der Waals surface area contributed by atoms with Crippen molar-refractivity contribution in [2.75, 3.05) is 18.4 Å². The summed E-state index contributed by atoms with van der Waals surface area (Å²) >= 11 is 0. The molecule has 0 aromatic heterocycles. The molecule has 5 nitrogen and oxygen atoms in total. The van der Waals surface area contributed by atoms with E-state index in [1.54, 1.807) is 6.92 Å². The lowest BCUT2D eigenvalue weighted by Crippen LogP contribution is -2.48. The van der Waals surface area contributed by atoms with E-state index in [2.05, 4.69) is 10.6 Å². The molecule has 0 saturated carbocycles. The van der Waals surface area contributed by atoms with Crippen molar-refractivity contribution >= 4 is 29.9 Å². The Morgan fingerprint density at radius 2 is 2.10 bits per heavy atom. The molecule has 1 aromatic carbocycles. The quantitative estimate of drug-likeness (QED) is 0.780. The second kappa shape index (κ2) is 6.67. The summed E-state index contributed by atoms with van der Waals surface area (Å²) in [5.74, 6) is -1.45. The molecule has 1 aliphatic heterocycles. The summed E-state index contributed by atoms with van der Waals surface area (Å²) in [4.78, 5) is 23.0. The number of hydrogen-bond donors (Lipinski definition) is 3. The van der Waals surface area contributed by atoms with Crippen LogP contribution in [0.3, 0.4) is 0 Å². The molecule has 0 radical (unpaired) electrons. The van der Waals surface area contributed by atoms with Crippen LogP contribution >= 0.6 is 12.4 Å². The molecule has 4 N–H and O–H groups in total. The minimum absolute atomic E-state index is 0. The van der Waals surface area contributed by atoms with Crippen LogP contribution in [-0.2, 0) is 4.79 Å². The van der Waals surface area contributed by atoms with E-state index in [4.69, 9.17) is 5.73 Å². The SMILES string of the molecule is CC(C(=O)Nc1cc(C(N)=O)ccc1F)C1CNC1.Cl. The highest BCUT2D eigenvalue weighted by molar-refractivity contribution is 5.97. The summed E-state index contributed by atoms with van der Waals surface area (Å²) in [6, 6.07) is 3.65. The number of hydrogen-bond acceptors (Lipinski definition) is 3. The van der Waals surface area contributed by atoms with Gasteiger partial charge in [-0.3, -0.25) is 9.59 Å². The Hall–Kier alpha value is -1.66. The van der Waals surface area contributed by atoms with Crippen LogP contribution in [0.1, 0.15) is 17.3 Å². The highest BCUT2D eigenvalue weighted by Crippen LogP contribution is 2.21. The molecule has 2 amide bonds. The number of halogens is 2. The number of anilines is 1. The van der Waals surface area contributed by atoms with Crippen molar-refractivity contribution in [3.05, 3.63) is 29.6 Å². The maximum atomic E-state index is 13.6. The minimum Gasteiger partial charge on any atom is -0.366 e. The van der Waals surface area contributed by atoms with Gasteiger partial charge in [0.15, 0.2) is 0 Å². The van der Waals surface area contributed by atoms with E-state index in [0.29, 0.717) is 0 Å². The fourth-order valence-corrected chi connectivity index (χ4v) is 1.90. The zero-order valence-corrected chi connectivity index (χ0v) is 11.8. The standard InChI is InChI=1S/C13H16FN3O2.ClH/c1-7(9-5-16-6-9)13(19)17-11-4-8(12(15)18)2-3-10(11)14;/h2-4,7,9,16H,5-6H2,1H3,(H2,15,18)(H,17,19);1H. The molecule has 1 saturated heterocycles. The highest BCUT2D eigenvalue weighted by atomic mass is 35.5. The summed E-state index contributed by atoms with van der Waals surface area (Å²) < 4.78 is 13.6. The largest absolute Gasteiger partial charge is 0.366 e. The predicted molar refractivity (Wildman–Crippen MR) is 76.3 cm³/mol. The van der Waals surface area contributed by atoms with Crippen molar-refractivity contribution in [1.29, 1.82) is 0 Å². The van der Waals surface area contributed by atoms with Gasteiger partial charge in [-0.05, 0) is 37.2 Å². The van der Waals surface area contributed by atoms with Crippen molar-refractivity contribution in [1.82, 2.24) is 5.32 Å². The summed E-state index contributed by atoms with van der Waals surface area (Å²) in [6.07, 6.45) is 0. The molecule has 1 unspecified atom stereocenters. The van der Waals surface area contributed by atoms with Crippen LogP contribution in [0, 0.1) is 17.7 Å². The van der Waals surface area contributed by atoms with Crippen LogP contribution in [0.4, 0.5) is 10.1 Å². The van der Waals surface area contributed by atoms with Gasteiger partial charge in [0.2, 0.25) is 11.8 Å². The minimum atomic E-state index is -0.660. The lowest BCUT2D eigenvalue weighted by molar-refractivity contribution is -0.121. The van der Waals surface area contributed by atoms with E-state index in [0.717, 1.165) is 19.2 Å². The Labute approximate surface area is 122 Å². The summed E-state index contributed by atoms with van der Waals surface area (Å²) in [7, 11) is 0. The van der Waals surface area contributed by atoms with E-state index < -0.39 is 11.7 Å². The van der Waals surface area contributed by atoms with Gasteiger partial charge in [0.1, 0.15) is 5.82 Å². The third-order valence-corrected chi connectivity index (χ3v) is 3.44. The maximum Gasteiger partial charge on any atom is 0.248 e. The molecule has 1 aromatic rings. The highest BCUT2D eigenvalue weighted by Gasteiger charge is 2.29. The number of carbonyl (C=O) groups is 2. The van der Waals surface area contributed by atoms with Crippen LogP contribution < -0.4 is 16.4 Å². The van der Waals surface area contributed by atoms with E-state index in [1.165, 1.54) is 12.1 Å². The number of benzene rings is 1. The number of amides is 2. The zero-order valence-electron chi connectivity index (χ0n) is 11.0. The van der Waals surface area contributed by atoms with Gasteiger partial charge in [-0.25, -0.2) is 4.39 Å². The molecule has 1 heterocycles. The fourth-order valence-electron chi connectivity index (χ4n) is 1.90. The molecule has 1 fully saturated rings. The van der Waals surface area contributed by atoms with E-state index in [-0.39, 0.29) is 41.4 Å². The first-order valence-corrected chi connectivity index (χ1v) is 6.10. The Kier molecular flexibility index (Phi) is 5.47. The Morgan fingerprint density at radius 3 is 2.60 bits per heavy atom. The zero-order chi connectivity index (χ0) is 14.0. The molecule has 20 heavy (non-hydrogen) atoms. The van der Waals surface area contributed by atoms with Gasteiger partial charge < -0.3 is 16.4 Å². The van der Waals surface area contributed by atoms with Crippen molar-refractivity contribution in [2.24, 2.45) is 17.6 Å². The Bertz CT molecular complexity index is 520. The van der Waals surface area contributed by atoms with Crippen molar-refractivity contribution < 1.29 is 14.0 Å². The van der Waals surface area contributed by atoms with Crippen molar-refractivity contribution in [3.8, 4) is 0 Å². The van der Waals surface area contributed by atoms with Gasteiger partial charge in [0.25, 0.3) is 0 Å². The Balaban J connectivity index is 0.00000200. The normalized spacial score (nSPS) is 15.7. The van der Waals surface area contributed by atoms with Gasteiger partial charge in [0.05, 0.1) is 5.69 Å². The predicted octanol–water partition coefficient (Wildman–Crippen LogP) is 1.14. The first-order chi connectivity index (χ1) is 8.99. The van der Waals surface area contributed by atoms with Crippen molar-refractivity contribution in [2.45, 2.75) is 6.92 Å². The summed E-state index contributed by atoms with van der Waals surface area (Å²) in [6.45, 7) is 3.38. The average molecular weight is 302 g/mol. The molecule has 110 valence electrons. The number of nitrogens with one attached hydrogen (secondary N) is 2. The van der Waals surface area contributed by atoms with Crippen LogP contribution in [0.5, 0.6) is 0 Å². The van der Waals surface area contributed by atoms with Crippen molar-refractivity contribution in [3.63, 3.8) is 0 Å². The molecule has 0 aliphatic carbocycles. The molecular formula is C13H17ClFN3O2. The van der Waals surface area contributed by atoms with Gasteiger partial charge in [-0.2, -0.15) is 0 Å². The lowest BCUT2D eigenvalue weighted by Gasteiger charge is -2.31. The molecule has 2 rings (SSSR count). The number of primary amides is 1. The number of rotatable bonds is 4. The van der Waals surface area contributed by atoms with Crippen LogP contribution in [0.15, 0.2) is 18.2 Å². The Morgan fingerprint density at radius 1 is 1.45 bits per heavy atom. The van der Waals surface area contributed by atoms with Crippen LogP contribution in [0.25, 0.3) is 0 Å². The lowest BCUT2D eigenvalue weighted by atomic mass is 9.88. The van der Waals surface area contributed by atoms with Gasteiger partial charge in [0, 0.05) is 11.5 Å². The summed E-state index contributed by atoms with van der Waals surface area (Å²) in [5, 5.41) is 5.59. The van der Waals surface area contributed by atoms with Crippen LogP contribution in [0.2, 0.25) is 0 Å². The molecular weight excluding hydrogens is 285 g/mol. The average Bonchev–Trinajstić information content (AvgIpc) is 2.29. The second-order valence-electron chi connectivity index (χ2n) is 4.76. The van der Waals surface area contributed by atoms with Crippen LogP contribution in [-0.4, -0.2) is 24.9 Å².